The van der Waals surface area contributed by atoms with Gasteiger partial charge in [0.25, 0.3) is 10.0 Å². The third-order valence-corrected chi connectivity index (χ3v) is 4.56. The Morgan fingerprint density at radius 2 is 1.85 bits per heavy atom. The molecule has 1 fully saturated rings. The highest BCUT2D eigenvalue weighted by atomic mass is 32.2. The van der Waals surface area contributed by atoms with Crippen LogP contribution in [-0.2, 0) is 14.8 Å². The molecule has 108 valence electrons. The van der Waals surface area contributed by atoms with Gasteiger partial charge in [-0.2, -0.15) is 0 Å². The molecule has 7 heteroatoms. The lowest BCUT2D eigenvalue weighted by molar-refractivity contribution is -0.120. The van der Waals surface area contributed by atoms with Crippen molar-refractivity contribution in [2.24, 2.45) is 5.92 Å². The zero-order chi connectivity index (χ0) is 14.2. The van der Waals surface area contributed by atoms with Crippen LogP contribution in [0.25, 0.3) is 0 Å². The van der Waals surface area contributed by atoms with E-state index in [-0.39, 0.29) is 10.8 Å². The zero-order valence-electron chi connectivity index (χ0n) is 10.8. The van der Waals surface area contributed by atoms with E-state index in [9.17, 15) is 13.2 Å². The summed E-state index contributed by atoms with van der Waals surface area (Å²) in [5, 5.41) is 0. The number of ether oxygens (including phenoxy) is 2. The lowest BCUT2D eigenvalue weighted by atomic mass is 10.3. The molecule has 1 N–H and O–H groups in total. The first kappa shape index (κ1) is 13.2. The van der Waals surface area contributed by atoms with Gasteiger partial charge in [0, 0.05) is 18.4 Å². The van der Waals surface area contributed by atoms with E-state index >= 15 is 0 Å². The van der Waals surface area contributed by atoms with Gasteiger partial charge in [0.05, 0.1) is 18.1 Å². The topological polar surface area (TPSA) is 81.7 Å². The predicted octanol–water partition coefficient (Wildman–Crippen LogP) is 1.06. The van der Waals surface area contributed by atoms with Crippen molar-refractivity contribution in [3.8, 4) is 11.5 Å². The molecule has 20 heavy (non-hydrogen) atoms. The van der Waals surface area contributed by atoms with E-state index in [1.807, 2.05) is 0 Å². The molecule has 1 aliphatic carbocycles. The Labute approximate surface area is 117 Å². The van der Waals surface area contributed by atoms with Crippen LogP contribution in [0.5, 0.6) is 11.5 Å². The molecule has 6 nitrogen and oxygen atoms in total. The SMILES string of the molecule is O=C(NS(=O)(=O)c1ccc2c(c1)OCCCO2)C1CC1. The van der Waals surface area contributed by atoms with Crippen molar-refractivity contribution in [3.05, 3.63) is 18.2 Å². The average molecular weight is 297 g/mol. The fourth-order valence-electron chi connectivity index (χ4n) is 1.93. The quantitative estimate of drug-likeness (QED) is 0.902. The van der Waals surface area contributed by atoms with Crippen LogP contribution < -0.4 is 14.2 Å². The standard InChI is InChI=1S/C13H15NO5S/c15-13(9-2-3-9)14-20(16,17)10-4-5-11-12(8-10)19-7-1-6-18-11/h4-5,8-9H,1-3,6-7H2,(H,14,15). The van der Waals surface area contributed by atoms with E-state index in [1.54, 1.807) is 6.07 Å². The Balaban J connectivity index is 1.85. The maximum Gasteiger partial charge on any atom is 0.264 e. The lowest BCUT2D eigenvalue weighted by Gasteiger charge is -2.10. The van der Waals surface area contributed by atoms with Gasteiger partial charge in [0.2, 0.25) is 5.91 Å². The summed E-state index contributed by atoms with van der Waals surface area (Å²) in [7, 11) is -3.85. The summed E-state index contributed by atoms with van der Waals surface area (Å²) in [5.74, 6) is 0.321. The highest BCUT2D eigenvalue weighted by molar-refractivity contribution is 7.90. The average Bonchev–Trinajstić information content (AvgIpc) is 3.24. The molecule has 1 saturated carbocycles. The first-order valence-electron chi connectivity index (χ1n) is 6.52. The van der Waals surface area contributed by atoms with Crippen molar-refractivity contribution in [2.45, 2.75) is 24.2 Å². The van der Waals surface area contributed by atoms with Gasteiger partial charge < -0.3 is 9.47 Å². The fraction of sp³-hybridized carbons (Fsp3) is 0.462. The highest BCUT2D eigenvalue weighted by Gasteiger charge is 2.33. The zero-order valence-corrected chi connectivity index (χ0v) is 11.6. The molecule has 1 amide bonds. The Bertz CT molecular complexity index is 636. The molecule has 0 unspecified atom stereocenters. The summed E-state index contributed by atoms with van der Waals surface area (Å²) in [6.07, 6.45) is 2.25. The molecule has 1 heterocycles. The number of hydrogen-bond donors (Lipinski definition) is 1. The third kappa shape index (κ3) is 2.72. The smallest absolute Gasteiger partial charge is 0.264 e. The summed E-state index contributed by atoms with van der Waals surface area (Å²) in [4.78, 5) is 11.6. The second-order valence-electron chi connectivity index (χ2n) is 4.90. The third-order valence-electron chi connectivity index (χ3n) is 3.21. The minimum Gasteiger partial charge on any atom is -0.490 e. The molecule has 1 aromatic carbocycles. The van der Waals surface area contributed by atoms with E-state index in [1.165, 1.54) is 12.1 Å². The van der Waals surface area contributed by atoms with E-state index in [2.05, 4.69) is 4.72 Å². The van der Waals surface area contributed by atoms with Gasteiger partial charge in [-0.15, -0.1) is 0 Å². The molecule has 0 saturated heterocycles. The number of benzene rings is 1. The molecular weight excluding hydrogens is 282 g/mol. The number of fused-ring (bicyclic) bond motifs is 1. The van der Waals surface area contributed by atoms with Crippen molar-refractivity contribution in [2.75, 3.05) is 13.2 Å². The number of carbonyl (C=O) groups is 1. The molecule has 0 aromatic heterocycles. The Morgan fingerprint density at radius 3 is 2.55 bits per heavy atom. The van der Waals surface area contributed by atoms with Crippen LogP contribution in [0.15, 0.2) is 23.1 Å². The van der Waals surface area contributed by atoms with Crippen LogP contribution in [0.3, 0.4) is 0 Å². The van der Waals surface area contributed by atoms with Gasteiger partial charge in [-0.05, 0) is 25.0 Å². The molecule has 0 atom stereocenters. The molecule has 0 bridgehead atoms. The summed E-state index contributed by atoms with van der Waals surface area (Å²) >= 11 is 0. The normalized spacial score (nSPS) is 18.2. The monoisotopic (exact) mass is 297 g/mol. The van der Waals surface area contributed by atoms with Crippen molar-refractivity contribution in [1.29, 1.82) is 0 Å². The van der Waals surface area contributed by atoms with Gasteiger partial charge in [0.15, 0.2) is 11.5 Å². The summed E-state index contributed by atoms with van der Waals surface area (Å²) < 4.78 is 37.2. The highest BCUT2D eigenvalue weighted by Crippen LogP contribution is 2.33. The molecule has 0 radical (unpaired) electrons. The lowest BCUT2D eigenvalue weighted by Crippen LogP contribution is -2.31. The van der Waals surface area contributed by atoms with Gasteiger partial charge in [0.1, 0.15) is 0 Å². The van der Waals surface area contributed by atoms with Gasteiger partial charge in [-0.1, -0.05) is 0 Å². The molecule has 1 aliphatic heterocycles. The van der Waals surface area contributed by atoms with Gasteiger partial charge >= 0.3 is 0 Å². The first-order valence-corrected chi connectivity index (χ1v) is 8.01. The number of nitrogens with one attached hydrogen (secondary N) is 1. The van der Waals surface area contributed by atoms with Crippen LogP contribution >= 0.6 is 0 Å². The van der Waals surface area contributed by atoms with E-state index in [0.717, 1.165) is 19.3 Å². The summed E-state index contributed by atoms with van der Waals surface area (Å²) in [6.45, 7) is 1.02. The number of amides is 1. The summed E-state index contributed by atoms with van der Waals surface area (Å²) in [5.41, 5.74) is 0. The largest absolute Gasteiger partial charge is 0.490 e. The maximum atomic E-state index is 12.1. The molecule has 3 rings (SSSR count). The van der Waals surface area contributed by atoms with E-state index in [4.69, 9.17) is 9.47 Å². The molecule has 2 aliphatic rings. The number of carbonyl (C=O) groups excluding carboxylic acids is 1. The number of hydrogen-bond acceptors (Lipinski definition) is 5. The van der Waals surface area contributed by atoms with Crippen molar-refractivity contribution in [1.82, 2.24) is 4.72 Å². The van der Waals surface area contributed by atoms with Crippen molar-refractivity contribution in [3.63, 3.8) is 0 Å². The van der Waals surface area contributed by atoms with Crippen LogP contribution in [0, 0.1) is 5.92 Å². The van der Waals surface area contributed by atoms with Crippen LogP contribution in [0.2, 0.25) is 0 Å². The second kappa shape index (κ2) is 4.97. The number of rotatable bonds is 3. The molecule has 1 aromatic rings. The Hall–Kier alpha value is -1.76. The van der Waals surface area contributed by atoms with Crippen LogP contribution in [-0.4, -0.2) is 27.5 Å². The Kier molecular flexibility index (Phi) is 3.29. The maximum absolute atomic E-state index is 12.1. The van der Waals surface area contributed by atoms with Crippen molar-refractivity contribution < 1.29 is 22.7 Å². The van der Waals surface area contributed by atoms with Gasteiger partial charge in [-0.3, -0.25) is 4.79 Å². The number of sulfonamides is 1. The van der Waals surface area contributed by atoms with E-state index < -0.39 is 15.9 Å². The Morgan fingerprint density at radius 1 is 1.15 bits per heavy atom. The summed E-state index contributed by atoms with van der Waals surface area (Å²) in [6, 6.07) is 4.36. The second-order valence-corrected chi connectivity index (χ2v) is 6.59. The predicted molar refractivity (Wildman–Crippen MR) is 70.1 cm³/mol. The minimum absolute atomic E-state index is 0.00995. The fourth-order valence-corrected chi connectivity index (χ4v) is 2.99. The first-order chi connectivity index (χ1) is 9.56. The van der Waals surface area contributed by atoms with E-state index in [0.29, 0.717) is 24.7 Å². The minimum atomic E-state index is -3.85. The van der Waals surface area contributed by atoms with Crippen LogP contribution in [0.1, 0.15) is 19.3 Å². The van der Waals surface area contributed by atoms with Gasteiger partial charge in [-0.25, -0.2) is 13.1 Å². The molecule has 0 spiro atoms. The van der Waals surface area contributed by atoms with Crippen LogP contribution in [0.4, 0.5) is 0 Å². The van der Waals surface area contributed by atoms with Crippen molar-refractivity contribution >= 4 is 15.9 Å². The molecular formula is C13H15NO5S.